The molecule has 3 heteroatoms. The lowest BCUT2D eigenvalue weighted by Gasteiger charge is -2.15. The summed E-state index contributed by atoms with van der Waals surface area (Å²) < 4.78 is 0. The zero-order chi connectivity index (χ0) is 12.0. The summed E-state index contributed by atoms with van der Waals surface area (Å²) in [5.74, 6) is 0.287. The lowest BCUT2D eigenvalue weighted by molar-refractivity contribution is 0.453. The van der Waals surface area contributed by atoms with Gasteiger partial charge in [0, 0.05) is 16.6 Å². The minimum Gasteiger partial charge on any atom is -0.508 e. The lowest BCUT2D eigenvalue weighted by Crippen LogP contribution is -2.19. The summed E-state index contributed by atoms with van der Waals surface area (Å²) in [4.78, 5) is 0. The topological polar surface area (TPSA) is 32.3 Å². The molecule has 0 saturated heterocycles. The zero-order valence-electron chi connectivity index (χ0n) is 9.70. The fourth-order valence-electron chi connectivity index (χ4n) is 1.53. The van der Waals surface area contributed by atoms with Crippen LogP contribution in [0.4, 0.5) is 0 Å². The van der Waals surface area contributed by atoms with E-state index in [1.165, 1.54) is 0 Å². The van der Waals surface area contributed by atoms with Gasteiger partial charge in [-0.1, -0.05) is 23.8 Å². The van der Waals surface area contributed by atoms with Gasteiger partial charge in [-0.15, -0.1) is 0 Å². The highest BCUT2D eigenvalue weighted by atomic mass is 35.5. The monoisotopic (exact) mass is 239 g/mol. The predicted molar refractivity (Wildman–Crippen MR) is 69.0 cm³/mol. The van der Waals surface area contributed by atoms with E-state index in [4.69, 9.17) is 11.6 Å². The van der Waals surface area contributed by atoms with E-state index in [-0.39, 0.29) is 11.8 Å². The summed E-state index contributed by atoms with van der Waals surface area (Å²) in [5, 5.41) is 13.7. The number of aromatic hydroxyl groups is 1. The molecule has 1 atom stereocenters. The Balaban J connectivity index is 2.58. The van der Waals surface area contributed by atoms with Crippen molar-refractivity contribution in [2.45, 2.75) is 26.3 Å². The van der Waals surface area contributed by atoms with Gasteiger partial charge in [0.2, 0.25) is 0 Å². The molecule has 88 valence electrons. The van der Waals surface area contributed by atoms with Gasteiger partial charge in [0.05, 0.1) is 0 Å². The number of halogens is 1. The van der Waals surface area contributed by atoms with Crippen LogP contribution in [-0.4, -0.2) is 11.7 Å². The first kappa shape index (κ1) is 13.1. The molecule has 0 heterocycles. The van der Waals surface area contributed by atoms with Gasteiger partial charge in [-0.2, -0.15) is 0 Å². The van der Waals surface area contributed by atoms with Gasteiger partial charge in [0.25, 0.3) is 0 Å². The second kappa shape index (κ2) is 6.56. The van der Waals surface area contributed by atoms with Crippen molar-refractivity contribution >= 4 is 11.6 Å². The molecule has 0 fully saturated rings. The Morgan fingerprint density at radius 1 is 1.50 bits per heavy atom. The largest absolute Gasteiger partial charge is 0.508 e. The minimum atomic E-state index is 0.101. The molecular formula is C13H18ClNO. The Labute approximate surface area is 102 Å². The van der Waals surface area contributed by atoms with E-state index >= 15 is 0 Å². The van der Waals surface area contributed by atoms with Crippen LogP contribution in [0.25, 0.3) is 0 Å². The summed E-state index contributed by atoms with van der Waals surface area (Å²) in [6, 6.07) is 5.21. The number of hydrogen-bond donors (Lipinski definition) is 2. The summed E-state index contributed by atoms with van der Waals surface area (Å²) in [6.07, 6.45) is 5.13. The molecule has 2 nitrogen and oxygen atoms in total. The van der Waals surface area contributed by atoms with Crippen molar-refractivity contribution in [3.8, 4) is 5.75 Å². The smallest absolute Gasteiger partial charge is 0.120 e. The predicted octanol–water partition coefficient (Wildman–Crippen LogP) is 3.66. The van der Waals surface area contributed by atoms with Crippen LogP contribution in [-0.2, 0) is 0 Å². The van der Waals surface area contributed by atoms with Crippen molar-refractivity contribution in [1.29, 1.82) is 0 Å². The SMILES string of the molecule is C/C=C/CCNC(C)c1cc(Cl)ccc1O. The molecule has 2 N–H and O–H groups in total. The van der Waals surface area contributed by atoms with Gasteiger partial charge in [0.15, 0.2) is 0 Å². The number of rotatable bonds is 5. The Morgan fingerprint density at radius 3 is 2.94 bits per heavy atom. The van der Waals surface area contributed by atoms with E-state index in [0.29, 0.717) is 5.02 Å². The Kier molecular flexibility index (Phi) is 5.36. The Morgan fingerprint density at radius 2 is 2.25 bits per heavy atom. The Bertz CT molecular complexity index is 363. The second-order valence-electron chi connectivity index (χ2n) is 3.74. The van der Waals surface area contributed by atoms with E-state index in [0.717, 1.165) is 18.5 Å². The van der Waals surface area contributed by atoms with E-state index in [9.17, 15) is 5.11 Å². The van der Waals surface area contributed by atoms with Crippen LogP contribution >= 0.6 is 11.6 Å². The van der Waals surface area contributed by atoms with Gasteiger partial charge in [-0.3, -0.25) is 0 Å². The summed E-state index contributed by atoms with van der Waals surface area (Å²) in [5.41, 5.74) is 0.841. The molecular weight excluding hydrogens is 222 g/mol. The maximum absolute atomic E-state index is 9.70. The highest BCUT2D eigenvalue weighted by molar-refractivity contribution is 6.30. The molecule has 0 bridgehead atoms. The van der Waals surface area contributed by atoms with Crippen LogP contribution in [0.5, 0.6) is 5.75 Å². The van der Waals surface area contributed by atoms with Crippen LogP contribution in [0.2, 0.25) is 5.02 Å². The molecule has 0 aromatic heterocycles. The maximum atomic E-state index is 9.70. The first-order chi connectivity index (χ1) is 7.65. The third kappa shape index (κ3) is 3.87. The van der Waals surface area contributed by atoms with Crippen molar-refractivity contribution in [3.63, 3.8) is 0 Å². The maximum Gasteiger partial charge on any atom is 0.120 e. The number of nitrogens with one attached hydrogen (secondary N) is 1. The number of hydrogen-bond acceptors (Lipinski definition) is 2. The summed E-state index contributed by atoms with van der Waals surface area (Å²) >= 11 is 5.89. The van der Waals surface area contributed by atoms with E-state index < -0.39 is 0 Å². The fraction of sp³-hybridized carbons (Fsp3) is 0.385. The average molecular weight is 240 g/mol. The molecule has 16 heavy (non-hydrogen) atoms. The molecule has 0 amide bonds. The molecule has 1 aromatic rings. The number of benzene rings is 1. The molecule has 0 aliphatic rings. The van der Waals surface area contributed by atoms with Gasteiger partial charge >= 0.3 is 0 Å². The molecule has 0 saturated carbocycles. The van der Waals surface area contributed by atoms with E-state index in [1.54, 1.807) is 18.2 Å². The zero-order valence-corrected chi connectivity index (χ0v) is 10.5. The molecule has 0 aliphatic carbocycles. The van der Waals surface area contributed by atoms with Crippen LogP contribution in [0.3, 0.4) is 0 Å². The van der Waals surface area contributed by atoms with Crippen LogP contribution in [0.15, 0.2) is 30.4 Å². The van der Waals surface area contributed by atoms with E-state index in [2.05, 4.69) is 11.4 Å². The van der Waals surface area contributed by atoms with Crippen molar-refractivity contribution in [1.82, 2.24) is 5.32 Å². The first-order valence-corrected chi connectivity index (χ1v) is 5.86. The van der Waals surface area contributed by atoms with Crippen molar-refractivity contribution in [3.05, 3.63) is 40.9 Å². The number of allylic oxidation sites excluding steroid dienone is 1. The minimum absolute atomic E-state index is 0.101. The summed E-state index contributed by atoms with van der Waals surface area (Å²) in [7, 11) is 0. The van der Waals surface area contributed by atoms with Crippen molar-refractivity contribution < 1.29 is 5.11 Å². The third-order valence-electron chi connectivity index (χ3n) is 2.45. The quantitative estimate of drug-likeness (QED) is 0.607. The molecule has 1 rings (SSSR count). The molecule has 0 radical (unpaired) electrons. The van der Waals surface area contributed by atoms with E-state index in [1.807, 2.05) is 19.9 Å². The van der Waals surface area contributed by atoms with Crippen LogP contribution < -0.4 is 5.32 Å². The van der Waals surface area contributed by atoms with Gasteiger partial charge in [0.1, 0.15) is 5.75 Å². The fourth-order valence-corrected chi connectivity index (χ4v) is 1.71. The van der Waals surface area contributed by atoms with Crippen molar-refractivity contribution in [2.75, 3.05) is 6.54 Å². The second-order valence-corrected chi connectivity index (χ2v) is 4.17. The Hall–Kier alpha value is -0.990. The van der Waals surface area contributed by atoms with Gasteiger partial charge < -0.3 is 10.4 Å². The summed E-state index contributed by atoms with van der Waals surface area (Å²) in [6.45, 7) is 4.91. The van der Waals surface area contributed by atoms with Crippen LogP contribution in [0.1, 0.15) is 31.9 Å². The first-order valence-electron chi connectivity index (χ1n) is 5.48. The number of phenolic OH excluding ortho intramolecular Hbond substituents is 1. The third-order valence-corrected chi connectivity index (χ3v) is 2.69. The molecule has 1 unspecified atom stereocenters. The molecule has 0 spiro atoms. The highest BCUT2D eigenvalue weighted by Crippen LogP contribution is 2.26. The molecule has 0 aliphatic heterocycles. The lowest BCUT2D eigenvalue weighted by atomic mass is 10.1. The highest BCUT2D eigenvalue weighted by Gasteiger charge is 2.09. The van der Waals surface area contributed by atoms with Crippen LogP contribution in [0, 0.1) is 0 Å². The van der Waals surface area contributed by atoms with Gasteiger partial charge in [-0.25, -0.2) is 0 Å². The van der Waals surface area contributed by atoms with Crippen molar-refractivity contribution in [2.24, 2.45) is 0 Å². The average Bonchev–Trinajstić information content (AvgIpc) is 2.27. The standard InChI is InChI=1S/C13H18ClNO/c1-3-4-5-8-15-10(2)12-9-11(14)6-7-13(12)16/h3-4,6-7,9-10,15-16H,5,8H2,1-2H3/b4-3+. The number of phenols is 1. The van der Waals surface area contributed by atoms with Gasteiger partial charge in [-0.05, 0) is 45.0 Å². The normalized spacial score (nSPS) is 13.2. The molecule has 1 aromatic carbocycles.